The highest BCUT2D eigenvalue weighted by atomic mass is 15.2. The number of allylic oxidation sites excluding steroid dienone is 8. The Morgan fingerprint density at radius 2 is 1.15 bits per heavy atom. The minimum atomic E-state index is 0.00996. The van der Waals surface area contributed by atoms with Crippen LogP contribution in [0.25, 0.3) is 33.8 Å². The zero-order valence-corrected chi connectivity index (χ0v) is 48.6. The van der Waals surface area contributed by atoms with E-state index in [1.807, 2.05) is 0 Å². The fourth-order valence-electron chi connectivity index (χ4n) is 15.7. The van der Waals surface area contributed by atoms with Crippen LogP contribution in [0.2, 0.25) is 0 Å². The summed E-state index contributed by atoms with van der Waals surface area (Å²) in [5.74, 6) is 2.00. The Bertz CT molecular complexity index is 3740. The third-order valence-corrected chi connectivity index (χ3v) is 19.8. The number of rotatable bonds is 4. The first-order chi connectivity index (χ1) is 37.2. The first kappa shape index (κ1) is 49.6. The summed E-state index contributed by atoms with van der Waals surface area (Å²) in [4.78, 5) is 2.76. The smallest absolute Gasteiger partial charge is 0.0576 e. The summed E-state index contributed by atoms with van der Waals surface area (Å²) in [5, 5.41) is 1.42. The van der Waals surface area contributed by atoms with Gasteiger partial charge in [-0.3, -0.25) is 0 Å². The summed E-state index contributed by atoms with van der Waals surface area (Å²) in [6, 6.07) is 53.2. The van der Waals surface area contributed by atoms with Gasteiger partial charge in [-0.15, -0.1) is 0 Å². The monoisotopic (exact) mass is 1020 g/mol. The molecule has 0 spiro atoms. The highest BCUT2D eigenvalue weighted by molar-refractivity contribution is 5.97. The summed E-state index contributed by atoms with van der Waals surface area (Å²) < 4.78 is 2.82. The van der Waals surface area contributed by atoms with E-state index in [1.54, 1.807) is 22.3 Å². The first-order valence-corrected chi connectivity index (χ1v) is 29.8. The number of nitrogens with zero attached hydrogens (tertiary/aromatic N) is 2. The molecule has 14 rings (SSSR count). The Labute approximate surface area is 466 Å². The van der Waals surface area contributed by atoms with Gasteiger partial charge in [-0.25, -0.2) is 0 Å². The molecule has 394 valence electrons. The van der Waals surface area contributed by atoms with Gasteiger partial charge in [0.2, 0.25) is 0 Å². The molecule has 5 unspecified atom stereocenters. The van der Waals surface area contributed by atoms with Crippen molar-refractivity contribution < 1.29 is 0 Å². The molecular weight excluding hydrogens is 941 g/mol. The molecule has 0 amide bonds. The first-order valence-electron chi connectivity index (χ1n) is 29.8. The zero-order valence-electron chi connectivity index (χ0n) is 48.6. The maximum absolute atomic E-state index is 2.82. The maximum atomic E-state index is 2.82. The molecule has 1 aromatic heterocycles. The van der Waals surface area contributed by atoms with Crippen molar-refractivity contribution in [3.05, 3.63) is 235 Å². The van der Waals surface area contributed by atoms with E-state index in [4.69, 9.17) is 0 Å². The lowest BCUT2D eigenvalue weighted by atomic mass is 9.67. The van der Waals surface area contributed by atoms with Crippen LogP contribution in [0.4, 0.5) is 11.4 Å². The number of aryl methyl sites for hydroxylation is 1. The van der Waals surface area contributed by atoms with Crippen LogP contribution in [0.1, 0.15) is 189 Å². The van der Waals surface area contributed by atoms with E-state index in [2.05, 4.69) is 250 Å². The number of anilines is 2. The lowest BCUT2D eigenvalue weighted by Crippen LogP contribution is -2.29. The van der Waals surface area contributed by atoms with E-state index >= 15 is 0 Å². The molecule has 7 aliphatic rings. The molecule has 0 N–H and O–H groups in total. The summed E-state index contributed by atoms with van der Waals surface area (Å²) in [6.07, 6.45) is 16.9. The fourth-order valence-corrected chi connectivity index (χ4v) is 15.7. The van der Waals surface area contributed by atoms with Crippen LogP contribution in [-0.4, -0.2) is 4.57 Å². The second-order valence-corrected chi connectivity index (χ2v) is 28.7. The molecule has 2 heteroatoms. The number of hydrogen-bond acceptors (Lipinski definition) is 1. The summed E-state index contributed by atoms with van der Waals surface area (Å²) in [7, 11) is 0. The topological polar surface area (TPSA) is 8.17 Å². The third-order valence-electron chi connectivity index (χ3n) is 19.8. The van der Waals surface area contributed by atoms with Gasteiger partial charge in [-0.05, 0) is 181 Å². The van der Waals surface area contributed by atoms with Gasteiger partial charge in [0, 0.05) is 51.6 Å². The Morgan fingerprint density at radius 1 is 0.526 bits per heavy atom. The van der Waals surface area contributed by atoms with Crippen LogP contribution >= 0.6 is 0 Å². The van der Waals surface area contributed by atoms with Crippen molar-refractivity contribution in [2.75, 3.05) is 4.90 Å². The summed E-state index contributed by atoms with van der Waals surface area (Å²) in [6.45, 7) is 28.7. The van der Waals surface area contributed by atoms with Gasteiger partial charge in [-0.2, -0.15) is 0 Å². The van der Waals surface area contributed by atoms with Crippen LogP contribution in [0.5, 0.6) is 0 Å². The normalized spacial score (nSPS) is 22.6. The van der Waals surface area contributed by atoms with Crippen LogP contribution in [0.3, 0.4) is 0 Å². The lowest BCUT2D eigenvalue weighted by Gasteiger charge is -2.41. The van der Waals surface area contributed by atoms with E-state index < -0.39 is 0 Å². The highest BCUT2D eigenvalue weighted by Gasteiger charge is 2.61. The van der Waals surface area contributed by atoms with Crippen LogP contribution in [-0.2, 0) is 22.7 Å². The molecule has 0 bridgehead atoms. The minimum absolute atomic E-state index is 0.00996. The maximum Gasteiger partial charge on any atom is 0.0576 e. The molecular formula is C76H80N2. The van der Waals surface area contributed by atoms with E-state index in [0.717, 1.165) is 38.5 Å². The van der Waals surface area contributed by atoms with Gasteiger partial charge in [0.25, 0.3) is 0 Å². The lowest BCUT2D eigenvalue weighted by molar-refractivity contribution is 0.449. The Kier molecular flexibility index (Phi) is 11.1. The van der Waals surface area contributed by atoms with Crippen molar-refractivity contribution in [2.45, 2.75) is 156 Å². The van der Waals surface area contributed by atoms with E-state index in [-0.39, 0.29) is 27.6 Å². The predicted octanol–water partition coefficient (Wildman–Crippen LogP) is 20.2. The van der Waals surface area contributed by atoms with Crippen molar-refractivity contribution in [3.8, 4) is 11.1 Å². The number of aromatic nitrogens is 1. The Balaban J connectivity index is 1.07. The van der Waals surface area contributed by atoms with Gasteiger partial charge in [0.1, 0.15) is 0 Å². The Morgan fingerprint density at radius 3 is 1.81 bits per heavy atom. The SMILES string of the molecule is CC(C)(C)C1=CC2=C(CC1)C(c1ccc(C(C)(C)C)cc1)CC1CC(n3c4c(c5cccc(C6c7ccccc7-c7ccccc76)c53)CCC=C4)=CC3=C1C1C2C1c1cc(C(C)(C)C)ccc1N3c1ccc(C(C)(C)C)cc1. The molecule has 7 aromatic rings. The zero-order chi connectivity index (χ0) is 53.9. The number of benzene rings is 6. The minimum Gasteiger partial charge on any atom is -0.313 e. The van der Waals surface area contributed by atoms with E-state index in [0.29, 0.717) is 29.6 Å². The fraction of sp³-hybridized carbons (Fsp3) is 0.368. The molecule has 0 radical (unpaired) electrons. The van der Waals surface area contributed by atoms with Gasteiger partial charge in [0.15, 0.2) is 0 Å². The second kappa shape index (κ2) is 17.4. The summed E-state index contributed by atoms with van der Waals surface area (Å²) >= 11 is 0. The van der Waals surface area contributed by atoms with E-state index in [9.17, 15) is 0 Å². The molecule has 6 aromatic carbocycles. The quantitative estimate of drug-likeness (QED) is 0.171. The van der Waals surface area contributed by atoms with Crippen LogP contribution < -0.4 is 4.90 Å². The standard InChI is InChI=1S/C76H80N2/c1-73(2,3)47-30-28-45(29-31-47)61-41-46-40-52(78-64-27-18-17-22-56(64)59-25-19-26-60(72(59)78)68-57-23-15-13-20-53(57)54-21-14-16-24-58(54)68)44-66-67(46)71-69(62-42-49(75(7,8)9)34-38-55(61)62)70(71)63-43-50(76(10,11)12)35-39-65(63)77(66)51-36-32-48(33-37-51)74(4,5)6/h13-16,18-21,23-33,35-37,39,42-44,46,61,68-71H,17,22,34,38,40-41H2,1-12H3. The molecule has 2 nitrogen and oxygen atoms in total. The molecule has 6 aliphatic carbocycles. The van der Waals surface area contributed by atoms with Crippen molar-refractivity contribution >= 4 is 34.1 Å². The molecule has 1 saturated carbocycles. The summed E-state index contributed by atoms with van der Waals surface area (Å²) in [5.41, 5.74) is 30.9. The van der Waals surface area contributed by atoms with Crippen molar-refractivity contribution in [2.24, 2.45) is 23.2 Å². The molecule has 0 saturated heterocycles. The Hall–Kier alpha value is -6.64. The van der Waals surface area contributed by atoms with Gasteiger partial charge in [0.05, 0.1) is 5.52 Å². The van der Waals surface area contributed by atoms with E-state index in [1.165, 1.54) is 101 Å². The largest absolute Gasteiger partial charge is 0.313 e. The highest BCUT2D eigenvalue weighted by Crippen LogP contribution is 2.71. The van der Waals surface area contributed by atoms with Crippen LogP contribution in [0, 0.1) is 23.2 Å². The average Bonchev–Trinajstić information content (AvgIpc) is 4.13. The molecule has 1 fully saturated rings. The van der Waals surface area contributed by atoms with Crippen molar-refractivity contribution in [1.29, 1.82) is 0 Å². The molecule has 1 aliphatic heterocycles. The van der Waals surface area contributed by atoms with Crippen molar-refractivity contribution in [3.63, 3.8) is 0 Å². The molecule has 78 heavy (non-hydrogen) atoms. The number of para-hydroxylation sites is 1. The molecule has 5 atom stereocenters. The van der Waals surface area contributed by atoms with Gasteiger partial charge < -0.3 is 9.47 Å². The molecule has 2 heterocycles. The number of hydrogen-bond donors (Lipinski definition) is 0. The van der Waals surface area contributed by atoms with Crippen LogP contribution in [0.15, 0.2) is 180 Å². The third kappa shape index (κ3) is 7.76. The second-order valence-electron chi connectivity index (χ2n) is 28.7. The van der Waals surface area contributed by atoms with Crippen molar-refractivity contribution in [1.82, 2.24) is 4.57 Å². The average molecular weight is 1020 g/mol. The number of fused-ring (bicyclic) bond motifs is 10. The van der Waals surface area contributed by atoms with Gasteiger partial charge in [-0.1, -0.05) is 222 Å². The van der Waals surface area contributed by atoms with Gasteiger partial charge >= 0.3 is 0 Å². The predicted molar refractivity (Wildman–Crippen MR) is 330 cm³/mol.